The maximum Gasteiger partial charge on any atom is 0.326 e. The molecule has 1 aliphatic carbocycles. The Morgan fingerprint density at radius 2 is 1.37 bits per heavy atom. The van der Waals surface area contributed by atoms with Gasteiger partial charge in [0.1, 0.15) is 13.2 Å². The summed E-state index contributed by atoms with van der Waals surface area (Å²) in [6.45, 7) is 2.00. The van der Waals surface area contributed by atoms with Crippen molar-refractivity contribution in [1.29, 1.82) is 0 Å². The van der Waals surface area contributed by atoms with E-state index < -0.39 is 23.5 Å². The zero-order valence-corrected chi connectivity index (χ0v) is 15.3. The van der Waals surface area contributed by atoms with Crippen LogP contribution in [0.1, 0.15) is 30.9 Å². The second-order valence-electron chi connectivity index (χ2n) is 7.16. The van der Waals surface area contributed by atoms with E-state index >= 15 is 0 Å². The van der Waals surface area contributed by atoms with Crippen LogP contribution in [0, 0.1) is 11.3 Å². The standard InChI is InChI=1S/C22H24O5/c1-16-12-19(23)22(13-16,20(24)26-14-17-8-4-2-5-9-17)21(25)27-15-18-10-6-3-7-11-18/h2-11,16,19,23H,12-15H2,1H3/t16-,19?/m1/s1. The second-order valence-corrected chi connectivity index (χ2v) is 7.16. The fourth-order valence-corrected chi connectivity index (χ4v) is 3.58. The molecule has 1 N–H and O–H groups in total. The first kappa shape index (κ1) is 19.1. The van der Waals surface area contributed by atoms with Crippen molar-refractivity contribution in [3.8, 4) is 0 Å². The lowest BCUT2D eigenvalue weighted by molar-refractivity contribution is -0.181. The Bertz CT molecular complexity index is 716. The molecule has 5 nitrogen and oxygen atoms in total. The van der Waals surface area contributed by atoms with Gasteiger partial charge < -0.3 is 14.6 Å². The number of ether oxygens (including phenoxy) is 2. The van der Waals surface area contributed by atoms with E-state index in [1.54, 1.807) is 0 Å². The van der Waals surface area contributed by atoms with E-state index in [9.17, 15) is 14.7 Å². The minimum absolute atomic E-state index is 0.0218. The Kier molecular flexibility index (Phi) is 5.91. The SMILES string of the molecule is C[C@@H]1CC(O)C(C(=O)OCc2ccccc2)(C(=O)OCc2ccccc2)C1. The molecule has 2 aromatic carbocycles. The van der Waals surface area contributed by atoms with Crippen LogP contribution < -0.4 is 0 Å². The molecule has 0 saturated heterocycles. The number of carbonyl (C=O) groups excluding carboxylic acids is 2. The normalized spacial score (nSPS) is 20.8. The second kappa shape index (κ2) is 8.35. The Morgan fingerprint density at radius 1 is 0.926 bits per heavy atom. The Balaban J connectivity index is 1.73. The summed E-state index contributed by atoms with van der Waals surface area (Å²) in [5.41, 5.74) is -0.0263. The lowest BCUT2D eigenvalue weighted by atomic mass is 9.83. The van der Waals surface area contributed by atoms with Crippen LogP contribution in [-0.4, -0.2) is 23.1 Å². The van der Waals surface area contributed by atoms with Crippen molar-refractivity contribution >= 4 is 11.9 Å². The van der Waals surface area contributed by atoms with Crippen molar-refractivity contribution in [2.45, 2.75) is 39.1 Å². The van der Waals surface area contributed by atoms with Gasteiger partial charge in [0.2, 0.25) is 0 Å². The molecular weight excluding hydrogens is 344 g/mol. The first-order valence-corrected chi connectivity index (χ1v) is 9.12. The molecular formula is C22H24O5. The molecule has 0 aliphatic heterocycles. The van der Waals surface area contributed by atoms with Crippen LogP contribution in [0.2, 0.25) is 0 Å². The number of aliphatic hydroxyl groups is 1. The van der Waals surface area contributed by atoms with Gasteiger partial charge in [-0.15, -0.1) is 0 Å². The summed E-state index contributed by atoms with van der Waals surface area (Å²) in [4.78, 5) is 25.7. The van der Waals surface area contributed by atoms with Crippen molar-refractivity contribution in [2.75, 3.05) is 0 Å². The van der Waals surface area contributed by atoms with Gasteiger partial charge in [0.15, 0.2) is 5.41 Å². The highest BCUT2D eigenvalue weighted by Gasteiger charge is 2.59. The molecule has 0 aromatic heterocycles. The highest BCUT2D eigenvalue weighted by molar-refractivity contribution is 6.01. The van der Waals surface area contributed by atoms with Gasteiger partial charge in [-0.2, -0.15) is 0 Å². The van der Waals surface area contributed by atoms with Gasteiger partial charge in [0.25, 0.3) is 0 Å². The molecule has 1 aliphatic rings. The summed E-state index contributed by atoms with van der Waals surface area (Å²) >= 11 is 0. The fourth-order valence-electron chi connectivity index (χ4n) is 3.58. The van der Waals surface area contributed by atoms with Crippen molar-refractivity contribution in [1.82, 2.24) is 0 Å². The molecule has 2 atom stereocenters. The first-order valence-electron chi connectivity index (χ1n) is 9.12. The molecule has 5 heteroatoms. The average molecular weight is 368 g/mol. The van der Waals surface area contributed by atoms with Crippen LogP contribution in [0.3, 0.4) is 0 Å². The van der Waals surface area contributed by atoms with Crippen molar-refractivity contribution in [3.05, 3.63) is 71.8 Å². The van der Waals surface area contributed by atoms with Gasteiger partial charge in [0.05, 0.1) is 6.10 Å². The zero-order chi connectivity index (χ0) is 19.3. The summed E-state index contributed by atoms with van der Waals surface area (Å²) in [7, 11) is 0. The lowest BCUT2D eigenvalue weighted by Gasteiger charge is -2.28. The van der Waals surface area contributed by atoms with E-state index in [4.69, 9.17) is 9.47 Å². The van der Waals surface area contributed by atoms with E-state index in [0.717, 1.165) is 11.1 Å². The molecule has 1 saturated carbocycles. The predicted octanol–water partition coefficient (Wildman–Crippen LogP) is 3.25. The third-order valence-corrected chi connectivity index (χ3v) is 5.02. The fraction of sp³-hybridized carbons (Fsp3) is 0.364. The van der Waals surface area contributed by atoms with E-state index in [-0.39, 0.29) is 25.6 Å². The summed E-state index contributed by atoms with van der Waals surface area (Å²) in [5.74, 6) is -1.42. The number of benzene rings is 2. The van der Waals surface area contributed by atoms with Gasteiger partial charge in [0, 0.05) is 0 Å². The molecule has 0 bridgehead atoms. The minimum atomic E-state index is -1.66. The molecule has 142 valence electrons. The summed E-state index contributed by atoms with van der Waals surface area (Å²) in [5, 5.41) is 10.5. The molecule has 1 unspecified atom stereocenters. The molecule has 0 radical (unpaired) electrons. The van der Waals surface area contributed by atoms with Gasteiger partial charge in [-0.05, 0) is 29.9 Å². The van der Waals surface area contributed by atoms with Crippen molar-refractivity contribution in [2.24, 2.45) is 11.3 Å². The number of aliphatic hydroxyl groups excluding tert-OH is 1. The van der Waals surface area contributed by atoms with Crippen LogP contribution in [-0.2, 0) is 32.3 Å². The quantitative estimate of drug-likeness (QED) is 0.626. The van der Waals surface area contributed by atoms with Crippen LogP contribution in [0.4, 0.5) is 0 Å². The third-order valence-electron chi connectivity index (χ3n) is 5.02. The largest absolute Gasteiger partial charge is 0.460 e. The summed E-state index contributed by atoms with van der Waals surface area (Å²) < 4.78 is 10.8. The smallest absolute Gasteiger partial charge is 0.326 e. The average Bonchev–Trinajstić information content (AvgIpc) is 3.00. The van der Waals surface area contributed by atoms with Crippen LogP contribution in [0.15, 0.2) is 60.7 Å². The lowest BCUT2D eigenvalue weighted by Crippen LogP contribution is -2.47. The molecule has 3 rings (SSSR count). The van der Waals surface area contributed by atoms with Gasteiger partial charge in [-0.3, -0.25) is 9.59 Å². The van der Waals surface area contributed by atoms with Crippen molar-refractivity contribution in [3.63, 3.8) is 0 Å². The number of esters is 2. The maximum absolute atomic E-state index is 12.9. The van der Waals surface area contributed by atoms with Crippen LogP contribution in [0.5, 0.6) is 0 Å². The molecule has 0 amide bonds. The van der Waals surface area contributed by atoms with Crippen LogP contribution >= 0.6 is 0 Å². The maximum atomic E-state index is 12.9. The Morgan fingerprint density at radius 3 is 1.74 bits per heavy atom. The van der Waals surface area contributed by atoms with E-state index in [1.807, 2.05) is 67.6 Å². The monoisotopic (exact) mass is 368 g/mol. The molecule has 0 heterocycles. The molecule has 0 spiro atoms. The molecule has 27 heavy (non-hydrogen) atoms. The topological polar surface area (TPSA) is 72.8 Å². The van der Waals surface area contributed by atoms with Crippen LogP contribution in [0.25, 0.3) is 0 Å². The van der Waals surface area contributed by atoms with Gasteiger partial charge >= 0.3 is 11.9 Å². The summed E-state index contributed by atoms with van der Waals surface area (Å²) in [6, 6.07) is 18.5. The highest BCUT2D eigenvalue weighted by atomic mass is 16.6. The van der Waals surface area contributed by atoms with Crippen molar-refractivity contribution < 1.29 is 24.2 Å². The van der Waals surface area contributed by atoms with E-state index in [1.165, 1.54) is 0 Å². The highest BCUT2D eigenvalue weighted by Crippen LogP contribution is 2.44. The van der Waals surface area contributed by atoms with Gasteiger partial charge in [-0.1, -0.05) is 67.6 Å². The number of hydrogen-bond acceptors (Lipinski definition) is 5. The predicted molar refractivity (Wildman–Crippen MR) is 99.3 cm³/mol. The van der Waals surface area contributed by atoms with Gasteiger partial charge in [-0.25, -0.2) is 0 Å². The Labute approximate surface area is 158 Å². The third kappa shape index (κ3) is 4.19. The Hall–Kier alpha value is -2.66. The number of rotatable bonds is 6. The van der Waals surface area contributed by atoms with E-state index in [2.05, 4.69) is 0 Å². The molecule has 1 fully saturated rings. The number of carbonyl (C=O) groups is 2. The zero-order valence-electron chi connectivity index (χ0n) is 15.3. The first-order chi connectivity index (χ1) is 13.0. The molecule has 2 aromatic rings. The van der Waals surface area contributed by atoms with E-state index in [0.29, 0.717) is 6.42 Å². The number of hydrogen-bond donors (Lipinski definition) is 1. The minimum Gasteiger partial charge on any atom is -0.460 e. The summed E-state index contributed by atoms with van der Waals surface area (Å²) in [6.07, 6.45) is -0.532.